The first-order valence-corrected chi connectivity index (χ1v) is 11.5. The normalized spacial score (nSPS) is 16.6. The van der Waals surface area contributed by atoms with E-state index >= 15 is 0 Å². The van der Waals surface area contributed by atoms with E-state index in [1.807, 2.05) is 5.32 Å². The van der Waals surface area contributed by atoms with Crippen LogP contribution in [-0.4, -0.2) is 36.1 Å². The molecule has 0 unspecified atom stereocenters. The highest BCUT2D eigenvalue weighted by Gasteiger charge is 2.64. The lowest BCUT2D eigenvalue weighted by Gasteiger charge is -2.43. The van der Waals surface area contributed by atoms with E-state index in [9.17, 15) is 23.2 Å². The van der Waals surface area contributed by atoms with Crippen molar-refractivity contribution in [3.8, 4) is 17.6 Å². The van der Waals surface area contributed by atoms with E-state index < -0.39 is 47.8 Å². The molecule has 1 aliphatic heterocycles. The van der Waals surface area contributed by atoms with Crippen molar-refractivity contribution < 1.29 is 32.6 Å². The Hall–Kier alpha value is -3.95. The van der Waals surface area contributed by atoms with Crippen LogP contribution in [0.4, 0.5) is 25.0 Å². The van der Waals surface area contributed by atoms with Gasteiger partial charge in [-0.1, -0.05) is 23.2 Å². The lowest BCUT2D eigenvalue weighted by Crippen LogP contribution is -2.53. The summed E-state index contributed by atoms with van der Waals surface area (Å²) < 4.78 is 37.6. The van der Waals surface area contributed by atoms with E-state index in [0.717, 1.165) is 0 Å². The number of anilines is 2. The number of nitrogens with one attached hydrogen (secondary N) is 3. The summed E-state index contributed by atoms with van der Waals surface area (Å²) in [6.45, 7) is 1.57. The first-order chi connectivity index (χ1) is 17.5. The van der Waals surface area contributed by atoms with Crippen LogP contribution >= 0.6 is 23.2 Å². The lowest BCUT2D eigenvalue weighted by atomic mass is 9.62. The molecular weight excluding hydrogens is 535 g/mol. The highest BCUT2D eigenvalue weighted by molar-refractivity contribution is 6.47. The van der Waals surface area contributed by atoms with Gasteiger partial charge in [0.15, 0.2) is 5.75 Å². The van der Waals surface area contributed by atoms with Gasteiger partial charge < -0.3 is 14.8 Å². The van der Waals surface area contributed by atoms with Gasteiger partial charge in [0.1, 0.15) is 11.8 Å². The zero-order valence-corrected chi connectivity index (χ0v) is 20.5. The summed E-state index contributed by atoms with van der Waals surface area (Å²) in [5, 5.41) is 17.3. The molecule has 1 saturated carbocycles. The van der Waals surface area contributed by atoms with Crippen LogP contribution in [0.2, 0.25) is 10.0 Å². The molecule has 0 saturated heterocycles. The van der Waals surface area contributed by atoms with Crippen molar-refractivity contribution in [3.63, 3.8) is 0 Å². The highest BCUT2D eigenvalue weighted by Crippen LogP contribution is 2.58. The van der Waals surface area contributed by atoms with E-state index in [0.29, 0.717) is 11.3 Å². The molecule has 2 aromatic rings. The van der Waals surface area contributed by atoms with Crippen LogP contribution in [0, 0.1) is 11.3 Å². The monoisotopic (exact) mass is 551 g/mol. The number of imide groups is 1. The van der Waals surface area contributed by atoms with E-state index in [2.05, 4.69) is 20.6 Å². The molecule has 2 aromatic carbocycles. The molecular formula is C23H17Cl2F2N5O5. The van der Waals surface area contributed by atoms with Gasteiger partial charge in [-0.15, -0.1) is 0 Å². The van der Waals surface area contributed by atoms with Crippen LogP contribution in [0.5, 0.6) is 11.5 Å². The smallest absolute Gasteiger partial charge is 0.414 e. The van der Waals surface area contributed by atoms with Crippen molar-refractivity contribution in [1.82, 2.24) is 5.32 Å². The summed E-state index contributed by atoms with van der Waals surface area (Å²) in [4.78, 5) is 35.7. The van der Waals surface area contributed by atoms with E-state index in [-0.39, 0.29) is 33.8 Å². The van der Waals surface area contributed by atoms with Crippen molar-refractivity contribution >= 4 is 58.2 Å². The fourth-order valence-electron chi connectivity index (χ4n) is 4.04. The molecule has 1 spiro atoms. The third-order valence-corrected chi connectivity index (χ3v) is 6.20. The minimum atomic E-state index is -2.92. The molecule has 4 rings (SSSR count). The molecule has 10 nitrogen and oxygen atoms in total. The zero-order valence-electron chi connectivity index (χ0n) is 19.0. The van der Waals surface area contributed by atoms with Gasteiger partial charge in [-0.3, -0.25) is 20.3 Å². The minimum Gasteiger partial charge on any atom is -0.454 e. The third-order valence-electron chi connectivity index (χ3n) is 5.64. The average Bonchev–Trinajstić information content (AvgIpc) is 3.07. The summed E-state index contributed by atoms with van der Waals surface area (Å²) in [7, 11) is 0. The highest BCUT2D eigenvalue weighted by atomic mass is 35.5. The molecule has 0 radical (unpaired) electrons. The largest absolute Gasteiger partial charge is 0.454 e. The summed E-state index contributed by atoms with van der Waals surface area (Å²) >= 11 is 12.6. The van der Waals surface area contributed by atoms with Crippen molar-refractivity contribution in [2.75, 3.05) is 17.3 Å². The molecule has 0 atom stereocenters. The van der Waals surface area contributed by atoms with Gasteiger partial charge in [0, 0.05) is 18.5 Å². The van der Waals surface area contributed by atoms with Crippen molar-refractivity contribution in [3.05, 3.63) is 45.9 Å². The summed E-state index contributed by atoms with van der Waals surface area (Å²) in [5.41, 5.74) is 1.48. The standard InChI is InChI=1S/C23H17Cl2F2N5O5/c1-2-36-21(35)30-19(33)17(8-28)32-31-11-5-14(24)18(15(25)6-11)37-12-3-4-16-13(7-12)22(20(34)29-16)9-23(26,27)10-22/h3-7,31H,2,9-10H2,1H3,(H,29,34)(H,30,33,35). The number of carbonyl (C=O) groups is 3. The Morgan fingerprint density at radius 3 is 2.49 bits per heavy atom. The van der Waals surface area contributed by atoms with Crippen LogP contribution in [0.25, 0.3) is 0 Å². The van der Waals surface area contributed by atoms with Gasteiger partial charge in [-0.2, -0.15) is 10.4 Å². The number of rotatable bonds is 6. The number of nitrogens with zero attached hydrogens (tertiary/aromatic N) is 2. The maximum absolute atomic E-state index is 13.6. The number of alkyl carbamates (subject to hydrolysis) is 1. The molecule has 1 fully saturated rings. The topological polar surface area (TPSA) is 142 Å². The van der Waals surface area contributed by atoms with Crippen LogP contribution in [-0.2, 0) is 19.7 Å². The molecule has 3 N–H and O–H groups in total. The fourth-order valence-corrected chi connectivity index (χ4v) is 4.61. The Kier molecular flexibility index (Phi) is 6.94. The maximum Gasteiger partial charge on any atom is 0.414 e. The quantitative estimate of drug-likeness (QED) is 0.339. The first-order valence-electron chi connectivity index (χ1n) is 10.7. The Balaban J connectivity index is 1.51. The second kappa shape index (κ2) is 9.84. The van der Waals surface area contributed by atoms with Crippen molar-refractivity contribution in [2.24, 2.45) is 5.10 Å². The Labute approximate surface area is 218 Å². The number of hydrogen-bond donors (Lipinski definition) is 3. The number of halogens is 4. The second-order valence-corrected chi connectivity index (χ2v) is 9.00. The van der Waals surface area contributed by atoms with Crippen LogP contribution in [0.3, 0.4) is 0 Å². The second-order valence-electron chi connectivity index (χ2n) is 8.18. The number of carbonyl (C=O) groups excluding carboxylic acids is 3. The Morgan fingerprint density at radius 2 is 1.89 bits per heavy atom. The van der Waals surface area contributed by atoms with E-state index in [4.69, 9.17) is 33.2 Å². The van der Waals surface area contributed by atoms with Crippen molar-refractivity contribution in [1.29, 1.82) is 5.26 Å². The first kappa shape index (κ1) is 26.1. The number of benzene rings is 2. The van der Waals surface area contributed by atoms with Gasteiger partial charge in [-0.25, -0.2) is 13.6 Å². The van der Waals surface area contributed by atoms with Crippen LogP contribution < -0.4 is 20.8 Å². The van der Waals surface area contributed by atoms with Crippen LogP contribution in [0.15, 0.2) is 35.4 Å². The molecule has 0 bridgehead atoms. The third kappa shape index (κ3) is 5.14. The molecule has 3 amide bonds. The fraction of sp³-hybridized carbons (Fsp3) is 0.261. The molecule has 37 heavy (non-hydrogen) atoms. The molecule has 1 heterocycles. The van der Waals surface area contributed by atoms with Gasteiger partial charge in [0.25, 0.3) is 11.8 Å². The van der Waals surface area contributed by atoms with Gasteiger partial charge in [0.05, 0.1) is 27.8 Å². The number of alkyl halides is 2. The Morgan fingerprint density at radius 1 is 1.22 bits per heavy atom. The Bertz CT molecular complexity index is 1360. The summed E-state index contributed by atoms with van der Waals surface area (Å²) in [6.07, 6.45) is -2.22. The average molecular weight is 552 g/mol. The lowest BCUT2D eigenvalue weighted by molar-refractivity contribution is -0.152. The van der Waals surface area contributed by atoms with E-state index in [1.165, 1.54) is 30.3 Å². The SMILES string of the molecule is CCOC(=O)NC(=O)C(C#N)=NNc1cc(Cl)c(Oc2ccc3c(c2)C2(CC(F)(F)C2)C(=O)N3)c(Cl)c1. The number of ether oxygens (including phenoxy) is 2. The molecule has 0 aromatic heterocycles. The number of fused-ring (bicyclic) bond motifs is 2. The van der Waals surface area contributed by atoms with Gasteiger partial charge in [-0.05, 0) is 42.8 Å². The molecule has 192 valence electrons. The zero-order chi connectivity index (χ0) is 27.0. The molecule has 1 aliphatic carbocycles. The van der Waals surface area contributed by atoms with Gasteiger partial charge in [0.2, 0.25) is 11.6 Å². The number of hydrazone groups is 1. The van der Waals surface area contributed by atoms with E-state index in [1.54, 1.807) is 13.0 Å². The number of nitriles is 1. The summed E-state index contributed by atoms with van der Waals surface area (Å²) in [6, 6.07) is 8.79. The molecule has 2 aliphatic rings. The number of amides is 3. The summed E-state index contributed by atoms with van der Waals surface area (Å²) in [5.74, 6) is -4.24. The van der Waals surface area contributed by atoms with Crippen LogP contribution in [0.1, 0.15) is 25.3 Å². The maximum atomic E-state index is 13.6. The predicted molar refractivity (Wildman–Crippen MR) is 129 cm³/mol. The van der Waals surface area contributed by atoms with Gasteiger partial charge >= 0.3 is 6.09 Å². The van der Waals surface area contributed by atoms with Crippen molar-refractivity contribution in [2.45, 2.75) is 31.1 Å². The predicted octanol–water partition coefficient (Wildman–Crippen LogP) is 4.97. The molecule has 14 heteroatoms. The minimum absolute atomic E-state index is 0.0132. The number of hydrogen-bond acceptors (Lipinski definition) is 8.